The summed E-state index contributed by atoms with van der Waals surface area (Å²) >= 11 is 0. The van der Waals surface area contributed by atoms with Crippen LogP contribution in [0.1, 0.15) is 40.5 Å². The Labute approximate surface area is 112 Å². The van der Waals surface area contributed by atoms with Crippen LogP contribution in [0, 0.1) is 11.8 Å². The topological polar surface area (TPSA) is 92.7 Å². The van der Waals surface area contributed by atoms with Crippen LogP contribution in [0.25, 0.3) is 0 Å². The summed E-state index contributed by atoms with van der Waals surface area (Å²) in [5, 5.41) is 11.1. The number of hydrogen-bond donors (Lipinski definition) is 2. The number of ether oxygens (including phenoxy) is 1. The molecule has 0 radical (unpaired) electrons. The highest BCUT2D eigenvalue weighted by atomic mass is 16.6. The van der Waals surface area contributed by atoms with Crippen LogP contribution in [0.3, 0.4) is 0 Å². The van der Waals surface area contributed by atoms with Crippen LogP contribution in [0.5, 0.6) is 0 Å². The van der Waals surface area contributed by atoms with Crippen LogP contribution in [-0.2, 0) is 19.1 Å². The fraction of sp³-hybridized carbons (Fsp3) is 0.615. The molecular weight excluding hydrogens is 250 g/mol. The van der Waals surface area contributed by atoms with E-state index in [0.29, 0.717) is 0 Å². The molecule has 0 aliphatic heterocycles. The number of carbonyl (C=O) groups excluding carboxylic acids is 2. The average molecular weight is 269 g/mol. The van der Waals surface area contributed by atoms with Gasteiger partial charge in [-0.25, -0.2) is 4.79 Å². The fourth-order valence-electron chi connectivity index (χ4n) is 1.22. The van der Waals surface area contributed by atoms with Crippen molar-refractivity contribution in [2.24, 2.45) is 0 Å². The molecule has 0 aromatic rings. The number of hydrogen-bond acceptors (Lipinski definition) is 4. The van der Waals surface area contributed by atoms with Crippen molar-refractivity contribution in [3.63, 3.8) is 0 Å². The number of carbonyl (C=O) groups is 3. The summed E-state index contributed by atoms with van der Waals surface area (Å²) in [6, 6.07) is -1.15. The van der Waals surface area contributed by atoms with Crippen LogP contribution < -0.4 is 5.32 Å². The number of carboxylic acid groups (broad SMARTS) is 1. The quantitative estimate of drug-likeness (QED) is 0.566. The lowest BCUT2D eigenvalue weighted by atomic mass is 10.1. The average Bonchev–Trinajstić information content (AvgIpc) is 2.21. The molecular formula is C13H19NO5. The van der Waals surface area contributed by atoms with E-state index < -0.39 is 29.5 Å². The number of nitrogens with one attached hydrogen (secondary N) is 1. The van der Waals surface area contributed by atoms with Crippen molar-refractivity contribution in [3.05, 3.63) is 0 Å². The van der Waals surface area contributed by atoms with E-state index in [-0.39, 0.29) is 12.8 Å². The first-order valence-corrected chi connectivity index (χ1v) is 5.83. The first-order chi connectivity index (χ1) is 8.65. The molecule has 2 N–H and O–H groups in total. The van der Waals surface area contributed by atoms with Crippen molar-refractivity contribution < 1.29 is 24.2 Å². The second-order valence-corrected chi connectivity index (χ2v) is 4.86. The number of amides is 1. The largest absolute Gasteiger partial charge is 0.480 e. The third-order valence-electron chi connectivity index (χ3n) is 1.90. The smallest absolute Gasteiger partial charge is 0.326 e. The van der Waals surface area contributed by atoms with Gasteiger partial charge >= 0.3 is 11.9 Å². The lowest BCUT2D eigenvalue weighted by Gasteiger charge is -2.20. The zero-order chi connectivity index (χ0) is 15.1. The molecule has 0 spiro atoms. The monoisotopic (exact) mass is 269 g/mol. The minimum Gasteiger partial charge on any atom is -0.480 e. The SMILES string of the molecule is CC#CC(=O)N[C@H](CCC(=O)OC(C)(C)C)C(=O)O. The Morgan fingerprint density at radius 3 is 2.32 bits per heavy atom. The van der Waals surface area contributed by atoms with Gasteiger partial charge in [-0.3, -0.25) is 9.59 Å². The highest BCUT2D eigenvalue weighted by Gasteiger charge is 2.22. The van der Waals surface area contributed by atoms with Crippen LogP contribution in [0.15, 0.2) is 0 Å². The molecule has 6 nitrogen and oxygen atoms in total. The number of carboxylic acids is 1. The third kappa shape index (κ3) is 8.66. The zero-order valence-corrected chi connectivity index (χ0v) is 11.6. The minimum absolute atomic E-state index is 0.0403. The Bertz CT molecular complexity index is 411. The van der Waals surface area contributed by atoms with E-state index in [1.54, 1.807) is 20.8 Å². The summed E-state index contributed by atoms with van der Waals surface area (Å²) in [5.41, 5.74) is -0.618. The summed E-state index contributed by atoms with van der Waals surface area (Å²) in [6.45, 7) is 6.63. The van der Waals surface area contributed by atoms with Crippen LogP contribution >= 0.6 is 0 Å². The maximum atomic E-state index is 11.4. The van der Waals surface area contributed by atoms with Crippen molar-refractivity contribution >= 4 is 17.8 Å². The molecule has 1 amide bonds. The number of rotatable bonds is 5. The predicted molar refractivity (Wildman–Crippen MR) is 68.1 cm³/mol. The first kappa shape index (κ1) is 17.0. The van der Waals surface area contributed by atoms with Crippen molar-refractivity contribution in [2.75, 3.05) is 0 Å². The van der Waals surface area contributed by atoms with Gasteiger partial charge in [0, 0.05) is 6.42 Å². The molecule has 0 saturated heterocycles. The first-order valence-electron chi connectivity index (χ1n) is 5.83. The molecule has 0 rings (SSSR count). The zero-order valence-electron chi connectivity index (χ0n) is 11.6. The highest BCUT2D eigenvalue weighted by molar-refractivity contribution is 5.96. The summed E-state index contributed by atoms with van der Waals surface area (Å²) in [5.74, 6) is 2.14. The summed E-state index contributed by atoms with van der Waals surface area (Å²) in [4.78, 5) is 33.5. The number of aliphatic carboxylic acids is 1. The molecule has 0 heterocycles. The van der Waals surface area contributed by atoms with Crippen LogP contribution in [0.2, 0.25) is 0 Å². The molecule has 0 aromatic heterocycles. The van der Waals surface area contributed by atoms with Crippen molar-refractivity contribution in [2.45, 2.75) is 52.2 Å². The van der Waals surface area contributed by atoms with E-state index in [4.69, 9.17) is 9.84 Å². The molecule has 1 atom stereocenters. The Morgan fingerprint density at radius 1 is 1.32 bits per heavy atom. The van der Waals surface area contributed by atoms with Gasteiger partial charge in [-0.15, -0.1) is 0 Å². The van der Waals surface area contributed by atoms with E-state index in [1.165, 1.54) is 6.92 Å². The lowest BCUT2D eigenvalue weighted by molar-refractivity contribution is -0.155. The molecule has 0 bridgehead atoms. The van der Waals surface area contributed by atoms with E-state index >= 15 is 0 Å². The second-order valence-electron chi connectivity index (χ2n) is 4.86. The Kier molecular flexibility index (Phi) is 6.62. The van der Waals surface area contributed by atoms with E-state index in [9.17, 15) is 14.4 Å². The van der Waals surface area contributed by atoms with Gasteiger partial charge in [0.1, 0.15) is 11.6 Å². The van der Waals surface area contributed by atoms with Gasteiger partial charge in [0.15, 0.2) is 0 Å². The summed E-state index contributed by atoms with van der Waals surface area (Å²) < 4.78 is 5.05. The van der Waals surface area contributed by atoms with Gasteiger partial charge in [-0.05, 0) is 40.0 Å². The van der Waals surface area contributed by atoms with Gasteiger partial charge in [-0.2, -0.15) is 0 Å². The molecule has 0 aliphatic rings. The molecule has 0 fully saturated rings. The fourth-order valence-corrected chi connectivity index (χ4v) is 1.22. The predicted octanol–water partition coefficient (Wildman–Crippen LogP) is 0.701. The van der Waals surface area contributed by atoms with E-state index in [2.05, 4.69) is 17.2 Å². The van der Waals surface area contributed by atoms with Gasteiger partial charge in [0.05, 0.1) is 0 Å². The lowest BCUT2D eigenvalue weighted by Crippen LogP contribution is -2.40. The molecule has 0 aromatic carbocycles. The van der Waals surface area contributed by atoms with E-state index in [1.807, 2.05) is 0 Å². The van der Waals surface area contributed by atoms with Gasteiger partial charge in [0.25, 0.3) is 5.91 Å². The molecule has 106 valence electrons. The van der Waals surface area contributed by atoms with Crippen LogP contribution in [-0.4, -0.2) is 34.6 Å². The van der Waals surface area contributed by atoms with Crippen molar-refractivity contribution in [1.29, 1.82) is 0 Å². The minimum atomic E-state index is -1.21. The van der Waals surface area contributed by atoms with Crippen molar-refractivity contribution in [1.82, 2.24) is 5.32 Å². The number of esters is 1. The van der Waals surface area contributed by atoms with Gasteiger partial charge in [-0.1, -0.05) is 5.92 Å². The molecule has 19 heavy (non-hydrogen) atoms. The molecule has 6 heteroatoms. The highest BCUT2D eigenvalue weighted by Crippen LogP contribution is 2.10. The summed E-state index contributed by atoms with van der Waals surface area (Å²) in [6.07, 6.45) is -0.130. The van der Waals surface area contributed by atoms with Gasteiger partial charge < -0.3 is 15.2 Å². The standard InChI is InChI=1S/C13H19NO5/c1-5-6-10(15)14-9(12(17)18)7-8-11(16)19-13(2,3)4/h9H,7-8H2,1-4H3,(H,14,15)(H,17,18)/t9-/m1/s1. The Hall–Kier alpha value is -2.03. The maximum Gasteiger partial charge on any atom is 0.326 e. The maximum absolute atomic E-state index is 11.4. The Morgan fingerprint density at radius 2 is 1.89 bits per heavy atom. The molecule has 0 aliphatic carbocycles. The second kappa shape index (κ2) is 7.41. The summed E-state index contributed by atoms with van der Waals surface area (Å²) in [7, 11) is 0. The van der Waals surface area contributed by atoms with E-state index in [0.717, 1.165) is 0 Å². The Balaban J connectivity index is 4.37. The molecule has 0 unspecified atom stereocenters. The van der Waals surface area contributed by atoms with Crippen molar-refractivity contribution in [3.8, 4) is 11.8 Å². The third-order valence-corrected chi connectivity index (χ3v) is 1.90. The van der Waals surface area contributed by atoms with Crippen LogP contribution in [0.4, 0.5) is 0 Å². The van der Waals surface area contributed by atoms with Gasteiger partial charge in [0.2, 0.25) is 0 Å². The molecule has 0 saturated carbocycles. The normalized spacial score (nSPS) is 11.8.